The van der Waals surface area contributed by atoms with Crippen LogP contribution in [0.5, 0.6) is 0 Å². The molecule has 1 aromatic rings. The zero-order valence-electron chi connectivity index (χ0n) is 11.1. The van der Waals surface area contributed by atoms with Crippen LogP contribution >= 0.6 is 11.3 Å². The van der Waals surface area contributed by atoms with Crippen LogP contribution in [0, 0.1) is 11.8 Å². The van der Waals surface area contributed by atoms with Crippen LogP contribution in [0.2, 0.25) is 0 Å². The molecule has 1 aliphatic carbocycles. The third-order valence-electron chi connectivity index (χ3n) is 3.37. The first kappa shape index (κ1) is 14.1. The first-order chi connectivity index (χ1) is 9.29. The number of amides is 1. The van der Waals surface area contributed by atoms with Gasteiger partial charge >= 0.3 is 0 Å². The Morgan fingerprint density at radius 3 is 2.79 bits per heavy atom. The molecule has 0 spiro atoms. The standard InChI is InChI=1S/C15H20N2OS/c16-9-5-8-14-10-12(11-19-14)15(18)17-13-6-3-1-2-4-7-13/h10-11,13H,1-4,6-7,9,16H2,(H,17,18). The van der Waals surface area contributed by atoms with Crippen molar-refractivity contribution >= 4 is 17.2 Å². The lowest BCUT2D eigenvalue weighted by atomic mass is 10.1. The molecule has 102 valence electrons. The average molecular weight is 276 g/mol. The molecule has 0 atom stereocenters. The molecule has 0 aliphatic heterocycles. The van der Waals surface area contributed by atoms with E-state index in [4.69, 9.17) is 5.73 Å². The summed E-state index contributed by atoms with van der Waals surface area (Å²) in [6.07, 6.45) is 7.25. The van der Waals surface area contributed by atoms with E-state index in [1.54, 1.807) is 0 Å². The molecule has 3 nitrogen and oxygen atoms in total. The molecular formula is C15H20N2OS. The van der Waals surface area contributed by atoms with Crippen LogP contribution < -0.4 is 11.1 Å². The zero-order chi connectivity index (χ0) is 13.5. The molecule has 0 radical (unpaired) electrons. The number of hydrogen-bond donors (Lipinski definition) is 2. The summed E-state index contributed by atoms with van der Waals surface area (Å²) in [4.78, 5) is 13.0. The first-order valence-electron chi connectivity index (χ1n) is 6.88. The van der Waals surface area contributed by atoms with Crippen LogP contribution in [0.25, 0.3) is 0 Å². The third-order valence-corrected chi connectivity index (χ3v) is 4.21. The van der Waals surface area contributed by atoms with E-state index in [0.717, 1.165) is 23.3 Å². The summed E-state index contributed by atoms with van der Waals surface area (Å²) in [6.45, 7) is 0.349. The molecule has 0 unspecified atom stereocenters. The molecular weight excluding hydrogens is 256 g/mol. The lowest BCUT2D eigenvalue weighted by Gasteiger charge is -2.15. The molecule has 1 aromatic heterocycles. The van der Waals surface area contributed by atoms with E-state index < -0.39 is 0 Å². The molecule has 0 saturated heterocycles. The minimum Gasteiger partial charge on any atom is -0.349 e. The van der Waals surface area contributed by atoms with E-state index in [-0.39, 0.29) is 5.91 Å². The second-order valence-electron chi connectivity index (χ2n) is 4.87. The van der Waals surface area contributed by atoms with Gasteiger partial charge in [-0.05, 0) is 18.9 Å². The quantitative estimate of drug-likeness (QED) is 0.644. The second-order valence-corrected chi connectivity index (χ2v) is 5.78. The summed E-state index contributed by atoms with van der Waals surface area (Å²) < 4.78 is 0. The van der Waals surface area contributed by atoms with Gasteiger partial charge in [0, 0.05) is 11.4 Å². The Morgan fingerprint density at radius 2 is 2.11 bits per heavy atom. The summed E-state index contributed by atoms with van der Waals surface area (Å²) in [5.74, 6) is 5.79. The molecule has 19 heavy (non-hydrogen) atoms. The van der Waals surface area contributed by atoms with Crippen LogP contribution in [0.1, 0.15) is 53.8 Å². The largest absolute Gasteiger partial charge is 0.349 e. The van der Waals surface area contributed by atoms with E-state index >= 15 is 0 Å². The summed E-state index contributed by atoms with van der Waals surface area (Å²) >= 11 is 1.49. The van der Waals surface area contributed by atoms with Crippen molar-refractivity contribution in [3.05, 3.63) is 21.9 Å². The van der Waals surface area contributed by atoms with E-state index in [1.807, 2.05) is 11.4 Å². The minimum absolute atomic E-state index is 0.0314. The Bertz CT molecular complexity index is 476. The highest BCUT2D eigenvalue weighted by molar-refractivity contribution is 7.10. The number of carbonyl (C=O) groups is 1. The number of nitrogens with two attached hydrogens (primary N) is 1. The summed E-state index contributed by atoms with van der Waals surface area (Å²) in [7, 11) is 0. The van der Waals surface area contributed by atoms with Crippen molar-refractivity contribution in [1.29, 1.82) is 0 Å². The molecule has 1 fully saturated rings. The van der Waals surface area contributed by atoms with Crippen molar-refractivity contribution in [1.82, 2.24) is 5.32 Å². The minimum atomic E-state index is 0.0314. The molecule has 1 saturated carbocycles. The molecule has 0 bridgehead atoms. The van der Waals surface area contributed by atoms with Crippen molar-refractivity contribution < 1.29 is 4.79 Å². The van der Waals surface area contributed by atoms with E-state index in [9.17, 15) is 4.79 Å². The predicted octanol–water partition coefficient (Wildman–Crippen LogP) is 2.51. The highest BCUT2D eigenvalue weighted by Crippen LogP contribution is 2.19. The van der Waals surface area contributed by atoms with Gasteiger partial charge in [-0.25, -0.2) is 0 Å². The van der Waals surface area contributed by atoms with Gasteiger partial charge in [0.25, 0.3) is 5.91 Å². The maximum absolute atomic E-state index is 12.1. The highest BCUT2D eigenvalue weighted by Gasteiger charge is 2.16. The summed E-state index contributed by atoms with van der Waals surface area (Å²) in [5, 5.41) is 5.01. The first-order valence-corrected chi connectivity index (χ1v) is 7.76. The van der Waals surface area contributed by atoms with Gasteiger partial charge in [-0.1, -0.05) is 37.5 Å². The maximum atomic E-state index is 12.1. The lowest BCUT2D eigenvalue weighted by Crippen LogP contribution is -2.34. The van der Waals surface area contributed by atoms with Crippen LogP contribution in [-0.4, -0.2) is 18.5 Å². The number of thiophene rings is 1. The van der Waals surface area contributed by atoms with Gasteiger partial charge < -0.3 is 11.1 Å². The van der Waals surface area contributed by atoms with Gasteiger partial charge in [0.05, 0.1) is 17.0 Å². The van der Waals surface area contributed by atoms with Gasteiger partial charge in [-0.15, -0.1) is 11.3 Å². The third kappa shape index (κ3) is 4.38. The molecule has 2 rings (SSSR count). The van der Waals surface area contributed by atoms with E-state index in [1.165, 1.54) is 37.0 Å². The smallest absolute Gasteiger partial charge is 0.252 e. The Balaban J connectivity index is 1.93. The average Bonchev–Trinajstić information content (AvgIpc) is 2.74. The SMILES string of the molecule is NCC#Cc1cc(C(=O)NC2CCCCCC2)cs1. The molecule has 1 amide bonds. The highest BCUT2D eigenvalue weighted by atomic mass is 32.1. The Hall–Kier alpha value is -1.31. The topological polar surface area (TPSA) is 55.1 Å². The second kappa shape index (κ2) is 7.32. The summed E-state index contributed by atoms with van der Waals surface area (Å²) in [6, 6.07) is 2.19. The van der Waals surface area contributed by atoms with Gasteiger partial charge in [-0.3, -0.25) is 4.79 Å². The normalized spacial score (nSPS) is 16.3. The van der Waals surface area contributed by atoms with Crippen LogP contribution in [0.4, 0.5) is 0 Å². The number of rotatable bonds is 2. The van der Waals surface area contributed by atoms with Crippen molar-refractivity contribution in [3.63, 3.8) is 0 Å². The van der Waals surface area contributed by atoms with Gasteiger partial charge in [0.1, 0.15) is 0 Å². The van der Waals surface area contributed by atoms with Gasteiger partial charge in [0.15, 0.2) is 0 Å². The number of nitrogens with one attached hydrogen (secondary N) is 1. The zero-order valence-corrected chi connectivity index (χ0v) is 11.9. The fourth-order valence-electron chi connectivity index (χ4n) is 2.35. The van der Waals surface area contributed by atoms with E-state index in [2.05, 4.69) is 17.2 Å². The maximum Gasteiger partial charge on any atom is 0.252 e. The van der Waals surface area contributed by atoms with Crippen LogP contribution in [0.15, 0.2) is 11.4 Å². The number of carbonyl (C=O) groups excluding carboxylic acids is 1. The summed E-state index contributed by atoms with van der Waals surface area (Å²) in [5.41, 5.74) is 6.05. The van der Waals surface area contributed by atoms with Crippen molar-refractivity contribution in [2.45, 2.75) is 44.6 Å². The Labute approximate surface area is 118 Å². The molecule has 1 heterocycles. The monoisotopic (exact) mass is 276 g/mol. The fourth-order valence-corrected chi connectivity index (χ4v) is 3.11. The van der Waals surface area contributed by atoms with Crippen LogP contribution in [0.3, 0.4) is 0 Å². The lowest BCUT2D eigenvalue weighted by molar-refractivity contribution is 0.0934. The van der Waals surface area contributed by atoms with Crippen LogP contribution in [-0.2, 0) is 0 Å². The number of hydrogen-bond acceptors (Lipinski definition) is 3. The molecule has 0 aromatic carbocycles. The van der Waals surface area contributed by atoms with Gasteiger partial charge in [0.2, 0.25) is 0 Å². The van der Waals surface area contributed by atoms with Crippen molar-refractivity contribution in [3.8, 4) is 11.8 Å². The van der Waals surface area contributed by atoms with Gasteiger partial charge in [-0.2, -0.15) is 0 Å². The Kier molecular flexibility index (Phi) is 5.44. The fraction of sp³-hybridized carbons (Fsp3) is 0.533. The Morgan fingerprint density at radius 1 is 1.37 bits per heavy atom. The van der Waals surface area contributed by atoms with Crippen molar-refractivity contribution in [2.75, 3.05) is 6.54 Å². The molecule has 4 heteroatoms. The molecule has 1 aliphatic rings. The predicted molar refractivity (Wildman–Crippen MR) is 79.2 cm³/mol. The van der Waals surface area contributed by atoms with E-state index in [0.29, 0.717) is 12.6 Å². The van der Waals surface area contributed by atoms with Crippen molar-refractivity contribution in [2.24, 2.45) is 5.73 Å². The molecule has 3 N–H and O–H groups in total.